The van der Waals surface area contributed by atoms with Crippen LogP contribution in [0.4, 0.5) is 0 Å². The SMILES string of the molecule is O=C(Cc1ccc(Cl)c(Cl)c1)OCCN1C(=O)c2ccccc2C1=O. The fraction of sp³-hybridized carbons (Fsp3) is 0.167. The quantitative estimate of drug-likeness (QED) is 0.591. The molecule has 128 valence electrons. The fourth-order valence-electron chi connectivity index (χ4n) is 2.56. The van der Waals surface area contributed by atoms with Crippen molar-refractivity contribution in [3.63, 3.8) is 0 Å². The van der Waals surface area contributed by atoms with Crippen molar-refractivity contribution in [2.24, 2.45) is 0 Å². The van der Waals surface area contributed by atoms with Gasteiger partial charge in [-0.3, -0.25) is 19.3 Å². The Morgan fingerprint density at radius 1 is 0.960 bits per heavy atom. The molecule has 2 aromatic rings. The van der Waals surface area contributed by atoms with Gasteiger partial charge in [0.1, 0.15) is 6.61 Å². The summed E-state index contributed by atoms with van der Waals surface area (Å²) < 4.78 is 5.11. The summed E-state index contributed by atoms with van der Waals surface area (Å²) in [5, 5.41) is 0.766. The zero-order valence-electron chi connectivity index (χ0n) is 13.0. The van der Waals surface area contributed by atoms with Crippen LogP contribution in [0.1, 0.15) is 26.3 Å². The summed E-state index contributed by atoms with van der Waals surface area (Å²) in [5.74, 6) is -1.22. The second-order valence-corrected chi connectivity index (χ2v) is 6.27. The summed E-state index contributed by atoms with van der Waals surface area (Å²) in [7, 11) is 0. The lowest BCUT2D eigenvalue weighted by molar-refractivity contribution is -0.143. The van der Waals surface area contributed by atoms with E-state index in [-0.39, 0.29) is 31.4 Å². The lowest BCUT2D eigenvalue weighted by atomic mass is 10.1. The summed E-state index contributed by atoms with van der Waals surface area (Å²) >= 11 is 11.7. The van der Waals surface area contributed by atoms with Crippen molar-refractivity contribution in [3.05, 3.63) is 69.2 Å². The number of nitrogens with zero attached hydrogens (tertiary/aromatic N) is 1. The summed E-state index contributed by atoms with van der Waals surface area (Å²) in [4.78, 5) is 37.3. The minimum Gasteiger partial charge on any atom is -0.464 e. The first-order valence-electron chi connectivity index (χ1n) is 7.52. The lowest BCUT2D eigenvalue weighted by Gasteiger charge is -2.13. The molecular formula is C18H13Cl2NO4. The third-order valence-electron chi connectivity index (χ3n) is 3.79. The van der Waals surface area contributed by atoms with Crippen molar-refractivity contribution in [2.45, 2.75) is 6.42 Å². The molecule has 5 nitrogen and oxygen atoms in total. The molecule has 0 saturated carbocycles. The number of carbonyl (C=O) groups excluding carboxylic acids is 3. The van der Waals surface area contributed by atoms with E-state index < -0.39 is 5.97 Å². The normalized spacial score (nSPS) is 13.1. The number of esters is 1. The molecule has 3 rings (SSSR count). The van der Waals surface area contributed by atoms with Gasteiger partial charge in [-0.1, -0.05) is 41.4 Å². The van der Waals surface area contributed by atoms with Crippen molar-refractivity contribution < 1.29 is 19.1 Å². The first-order chi connectivity index (χ1) is 12.0. The number of carbonyl (C=O) groups is 3. The topological polar surface area (TPSA) is 63.7 Å². The highest BCUT2D eigenvalue weighted by Crippen LogP contribution is 2.23. The van der Waals surface area contributed by atoms with Crippen LogP contribution in [0.5, 0.6) is 0 Å². The molecule has 1 aliphatic heterocycles. The Morgan fingerprint density at radius 3 is 2.20 bits per heavy atom. The van der Waals surface area contributed by atoms with Gasteiger partial charge in [0.15, 0.2) is 0 Å². The molecule has 0 unspecified atom stereocenters. The molecule has 2 amide bonds. The van der Waals surface area contributed by atoms with E-state index in [1.807, 2.05) is 0 Å². The van der Waals surface area contributed by atoms with Gasteiger partial charge in [-0.25, -0.2) is 0 Å². The van der Waals surface area contributed by atoms with Crippen LogP contribution >= 0.6 is 23.2 Å². The molecular weight excluding hydrogens is 365 g/mol. The molecule has 0 saturated heterocycles. The summed E-state index contributed by atoms with van der Waals surface area (Å²) in [5.41, 5.74) is 1.41. The minimum absolute atomic E-state index is 0.0134. The number of halogens is 2. The molecule has 0 radical (unpaired) electrons. The highest BCUT2D eigenvalue weighted by molar-refractivity contribution is 6.42. The second-order valence-electron chi connectivity index (χ2n) is 5.45. The van der Waals surface area contributed by atoms with Gasteiger partial charge in [0, 0.05) is 0 Å². The molecule has 0 aliphatic carbocycles. The van der Waals surface area contributed by atoms with Crippen LogP contribution in [-0.2, 0) is 16.0 Å². The number of fused-ring (bicyclic) bond motifs is 1. The van der Waals surface area contributed by atoms with Crippen LogP contribution in [0.3, 0.4) is 0 Å². The maximum atomic E-state index is 12.2. The molecule has 0 atom stereocenters. The Hall–Kier alpha value is -2.37. The van der Waals surface area contributed by atoms with Gasteiger partial charge < -0.3 is 4.74 Å². The molecule has 0 spiro atoms. The Balaban J connectivity index is 1.53. The molecule has 1 heterocycles. The van der Waals surface area contributed by atoms with Crippen LogP contribution in [0.15, 0.2) is 42.5 Å². The molecule has 0 fully saturated rings. The number of ether oxygens (including phenoxy) is 1. The lowest BCUT2D eigenvalue weighted by Crippen LogP contribution is -2.33. The van der Waals surface area contributed by atoms with Crippen molar-refractivity contribution in [1.82, 2.24) is 4.90 Å². The third-order valence-corrected chi connectivity index (χ3v) is 4.53. The Labute approximate surface area is 154 Å². The van der Waals surface area contributed by atoms with E-state index in [4.69, 9.17) is 27.9 Å². The monoisotopic (exact) mass is 377 g/mol. The first-order valence-corrected chi connectivity index (χ1v) is 8.27. The molecule has 2 aromatic carbocycles. The van der Waals surface area contributed by atoms with E-state index in [9.17, 15) is 14.4 Å². The number of hydrogen-bond donors (Lipinski definition) is 0. The van der Waals surface area contributed by atoms with Crippen molar-refractivity contribution >= 4 is 41.0 Å². The Kier molecular flexibility index (Phi) is 5.06. The number of imide groups is 1. The van der Waals surface area contributed by atoms with Gasteiger partial charge in [0.25, 0.3) is 11.8 Å². The molecule has 25 heavy (non-hydrogen) atoms. The average Bonchev–Trinajstić information content (AvgIpc) is 2.83. The standard InChI is InChI=1S/C18H13Cl2NO4/c19-14-6-5-11(9-15(14)20)10-16(22)25-8-7-21-17(23)12-3-1-2-4-13(12)18(21)24/h1-6,9H,7-8,10H2. The van der Waals surface area contributed by atoms with Crippen LogP contribution in [-0.4, -0.2) is 35.8 Å². The Morgan fingerprint density at radius 2 is 1.60 bits per heavy atom. The van der Waals surface area contributed by atoms with Gasteiger partial charge >= 0.3 is 5.97 Å². The summed E-state index contributed by atoms with van der Waals surface area (Å²) in [6.45, 7) is -0.0505. The zero-order valence-corrected chi connectivity index (χ0v) is 14.5. The van der Waals surface area contributed by atoms with Gasteiger partial charge in [-0.2, -0.15) is 0 Å². The third kappa shape index (κ3) is 3.67. The van der Waals surface area contributed by atoms with E-state index >= 15 is 0 Å². The minimum atomic E-state index is -0.477. The van der Waals surface area contributed by atoms with E-state index in [2.05, 4.69) is 0 Å². The van der Waals surface area contributed by atoms with Crippen molar-refractivity contribution in [1.29, 1.82) is 0 Å². The molecule has 0 bridgehead atoms. The Bertz CT molecular complexity index is 831. The highest BCUT2D eigenvalue weighted by Gasteiger charge is 2.34. The smallest absolute Gasteiger partial charge is 0.310 e. The van der Waals surface area contributed by atoms with E-state index in [0.717, 1.165) is 4.90 Å². The van der Waals surface area contributed by atoms with E-state index in [0.29, 0.717) is 26.7 Å². The maximum absolute atomic E-state index is 12.2. The highest BCUT2D eigenvalue weighted by atomic mass is 35.5. The van der Waals surface area contributed by atoms with Gasteiger partial charge in [-0.15, -0.1) is 0 Å². The zero-order chi connectivity index (χ0) is 18.0. The van der Waals surface area contributed by atoms with Crippen LogP contribution < -0.4 is 0 Å². The average molecular weight is 378 g/mol. The van der Waals surface area contributed by atoms with Gasteiger partial charge in [-0.05, 0) is 29.8 Å². The number of hydrogen-bond acceptors (Lipinski definition) is 4. The molecule has 0 aromatic heterocycles. The second kappa shape index (κ2) is 7.25. The van der Waals surface area contributed by atoms with E-state index in [1.165, 1.54) is 0 Å². The predicted molar refractivity (Wildman–Crippen MR) is 92.9 cm³/mol. The predicted octanol–water partition coefficient (Wildman–Crippen LogP) is 3.38. The molecule has 0 N–H and O–H groups in total. The van der Waals surface area contributed by atoms with Crippen LogP contribution in [0.2, 0.25) is 10.0 Å². The van der Waals surface area contributed by atoms with Crippen molar-refractivity contribution in [3.8, 4) is 0 Å². The molecule has 7 heteroatoms. The summed E-state index contributed by atoms with van der Waals surface area (Å²) in [6, 6.07) is 11.5. The van der Waals surface area contributed by atoms with Crippen LogP contribution in [0, 0.1) is 0 Å². The van der Waals surface area contributed by atoms with E-state index in [1.54, 1.807) is 42.5 Å². The maximum Gasteiger partial charge on any atom is 0.310 e. The number of benzene rings is 2. The van der Waals surface area contributed by atoms with Gasteiger partial charge in [0.2, 0.25) is 0 Å². The number of rotatable bonds is 5. The number of amides is 2. The van der Waals surface area contributed by atoms with Gasteiger partial charge in [0.05, 0.1) is 34.1 Å². The van der Waals surface area contributed by atoms with Crippen molar-refractivity contribution in [2.75, 3.05) is 13.2 Å². The first kappa shape index (κ1) is 17.5. The summed E-state index contributed by atoms with van der Waals surface area (Å²) in [6.07, 6.45) is 0.0268. The fourth-order valence-corrected chi connectivity index (χ4v) is 2.88. The van der Waals surface area contributed by atoms with Crippen LogP contribution in [0.25, 0.3) is 0 Å². The molecule has 1 aliphatic rings. The largest absolute Gasteiger partial charge is 0.464 e.